The molecule has 0 spiro atoms. The van der Waals surface area contributed by atoms with Gasteiger partial charge in [-0.1, -0.05) is 6.08 Å². The van der Waals surface area contributed by atoms with E-state index in [1.807, 2.05) is 0 Å². The summed E-state index contributed by atoms with van der Waals surface area (Å²) in [5.74, 6) is 0. The number of allylic oxidation sites excluding steroid dienone is 1. The molecule has 0 unspecified atom stereocenters. The smallest absolute Gasteiger partial charge is 0.311 e. The van der Waals surface area contributed by atoms with E-state index in [4.69, 9.17) is 0 Å². The first-order valence-corrected chi connectivity index (χ1v) is 4.42. The van der Waals surface area contributed by atoms with Crippen molar-refractivity contribution in [2.45, 2.75) is 6.54 Å². The lowest BCUT2D eigenvalue weighted by Gasteiger charge is -2.00. The molecule has 2 rings (SSSR count). The Morgan fingerprint density at radius 3 is 3.07 bits per heavy atom. The Bertz CT molecular complexity index is 530. The molecule has 15 heavy (non-hydrogen) atoms. The highest BCUT2D eigenvalue weighted by Crippen LogP contribution is 2.24. The van der Waals surface area contributed by atoms with Crippen molar-refractivity contribution in [1.82, 2.24) is 9.55 Å². The fourth-order valence-corrected chi connectivity index (χ4v) is 1.56. The second-order valence-corrected chi connectivity index (χ2v) is 3.11. The molecule has 5 heteroatoms. The third kappa shape index (κ3) is 1.48. The van der Waals surface area contributed by atoms with Crippen LogP contribution < -0.4 is 0 Å². The van der Waals surface area contributed by atoms with Crippen LogP contribution in [0.3, 0.4) is 0 Å². The lowest BCUT2D eigenvalue weighted by atomic mass is 10.3. The van der Waals surface area contributed by atoms with Gasteiger partial charge >= 0.3 is 5.69 Å². The van der Waals surface area contributed by atoms with Crippen LogP contribution in [-0.4, -0.2) is 14.5 Å². The highest BCUT2D eigenvalue weighted by molar-refractivity contribution is 5.87. The van der Waals surface area contributed by atoms with Crippen LogP contribution in [0, 0.1) is 10.1 Å². The van der Waals surface area contributed by atoms with Crippen molar-refractivity contribution in [1.29, 1.82) is 0 Å². The Labute approximate surface area is 85.8 Å². The summed E-state index contributed by atoms with van der Waals surface area (Å²) in [5, 5.41) is 11.6. The third-order valence-corrected chi connectivity index (χ3v) is 2.17. The zero-order valence-corrected chi connectivity index (χ0v) is 7.96. The van der Waals surface area contributed by atoms with Crippen molar-refractivity contribution in [3.8, 4) is 0 Å². The van der Waals surface area contributed by atoms with Crippen molar-refractivity contribution in [2.24, 2.45) is 0 Å². The minimum absolute atomic E-state index is 0.0272. The Morgan fingerprint density at radius 2 is 2.40 bits per heavy atom. The van der Waals surface area contributed by atoms with Gasteiger partial charge in [-0.15, -0.1) is 6.58 Å². The van der Waals surface area contributed by atoms with Crippen LogP contribution in [0.1, 0.15) is 0 Å². The lowest BCUT2D eigenvalue weighted by molar-refractivity contribution is -0.383. The molecule has 0 bridgehead atoms. The third-order valence-electron chi connectivity index (χ3n) is 2.17. The molecule has 2 aromatic rings. The van der Waals surface area contributed by atoms with Crippen LogP contribution in [0.5, 0.6) is 0 Å². The van der Waals surface area contributed by atoms with E-state index < -0.39 is 4.92 Å². The van der Waals surface area contributed by atoms with Crippen LogP contribution in [-0.2, 0) is 6.54 Å². The van der Waals surface area contributed by atoms with E-state index in [1.54, 1.807) is 29.1 Å². The van der Waals surface area contributed by atoms with Crippen LogP contribution >= 0.6 is 0 Å². The van der Waals surface area contributed by atoms with Gasteiger partial charge in [0, 0.05) is 24.3 Å². The Balaban J connectivity index is 2.74. The number of nitro groups is 1. The summed E-state index contributed by atoms with van der Waals surface area (Å²) in [4.78, 5) is 14.2. The molecule has 0 amide bonds. The normalized spacial score (nSPS) is 10.4. The second kappa shape index (κ2) is 3.53. The Kier molecular flexibility index (Phi) is 2.21. The summed E-state index contributed by atoms with van der Waals surface area (Å²) in [6.07, 6.45) is 6.37. The predicted molar refractivity (Wildman–Crippen MR) is 56.6 cm³/mol. The molecule has 0 aliphatic heterocycles. The highest BCUT2D eigenvalue weighted by Gasteiger charge is 2.15. The first-order chi connectivity index (χ1) is 7.24. The number of fused-ring (bicyclic) bond motifs is 1. The van der Waals surface area contributed by atoms with E-state index in [9.17, 15) is 10.1 Å². The summed E-state index contributed by atoms with van der Waals surface area (Å²) in [6.45, 7) is 4.16. The molecule has 76 valence electrons. The molecule has 0 atom stereocenters. The summed E-state index contributed by atoms with van der Waals surface area (Å²) in [7, 11) is 0. The summed E-state index contributed by atoms with van der Waals surface area (Å²) in [5.41, 5.74) is 0.620. The molecule has 0 N–H and O–H groups in total. The molecular weight excluding hydrogens is 194 g/mol. The summed E-state index contributed by atoms with van der Waals surface area (Å²) in [6, 6.07) is 1.80. The zero-order valence-electron chi connectivity index (χ0n) is 7.96. The standard InChI is InChI=1S/C10H9N3O2/c1-2-4-12-5-3-8-6-11-7-9(10(8)12)13(14)15/h2-3,5-7H,1,4H2. The Hall–Kier alpha value is -2.17. The largest absolute Gasteiger partial charge is 0.338 e. The van der Waals surface area contributed by atoms with Crippen LogP contribution in [0.4, 0.5) is 5.69 Å². The molecule has 2 aromatic heterocycles. The van der Waals surface area contributed by atoms with E-state index in [0.29, 0.717) is 12.1 Å². The zero-order chi connectivity index (χ0) is 10.8. The number of hydrogen-bond acceptors (Lipinski definition) is 3. The average Bonchev–Trinajstić information content (AvgIpc) is 2.62. The van der Waals surface area contributed by atoms with Gasteiger partial charge in [-0.05, 0) is 6.07 Å². The van der Waals surface area contributed by atoms with Gasteiger partial charge in [-0.2, -0.15) is 0 Å². The number of rotatable bonds is 3. The van der Waals surface area contributed by atoms with Crippen LogP contribution in [0.2, 0.25) is 0 Å². The minimum atomic E-state index is -0.422. The summed E-state index contributed by atoms with van der Waals surface area (Å²) >= 11 is 0. The lowest BCUT2D eigenvalue weighted by Crippen LogP contribution is -1.97. The number of hydrogen-bond donors (Lipinski definition) is 0. The molecule has 0 saturated heterocycles. The molecule has 0 aliphatic carbocycles. The SMILES string of the molecule is C=CCn1ccc2cncc([N+](=O)[O-])c21. The van der Waals surface area contributed by atoms with Gasteiger partial charge in [0.25, 0.3) is 0 Å². The molecule has 0 radical (unpaired) electrons. The monoisotopic (exact) mass is 203 g/mol. The van der Waals surface area contributed by atoms with E-state index >= 15 is 0 Å². The Morgan fingerprint density at radius 1 is 1.60 bits per heavy atom. The van der Waals surface area contributed by atoms with Crippen molar-refractivity contribution < 1.29 is 4.92 Å². The maximum absolute atomic E-state index is 10.8. The van der Waals surface area contributed by atoms with Crippen molar-refractivity contribution in [3.63, 3.8) is 0 Å². The van der Waals surface area contributed by atoms with E-state index in [1.165, 1.54) is 6.20 Å². The quantitative estimate of drug-likeness (QED) is 0.436. The van der Waals surface area contributed by atoms with Crippen LogP contribution in [0.25, 0.3) is 10.9 Å². The average molecular weight is 203 g/mol. The first kappa shape index (κ1) is 9.39. The maximum Gasteiger partial charge on any atom is 0.311 e. The van der Waals surface area contributed by atoms with Crippen LogP contribution in [0.15, 0.2) is 37.3 Å². The molecule has 0 fully saturated rings. The maximum atomic E-state index is 10.8. The minimum Gasteiger partial charge on any atom is -0.338 e. The number of nitrogens with zero attached hydrogens (tertiary/aromatic N) is 3. The first-order valence-electron chi connectivity index (χ1n) is 4.42. The van der Waals surface area contributed by atoms with E-state index in [0.717, 1.165) is 5.39 Å². The van der Waals surface area contributed by atoms with Gasteiger partial charge < -0.3 is 4.57 Å². The molecular formula is C10H9N3O2. The highest BCUT2D eigenvalue weighted by atomic mass is 16.6. The van der Waals surface area contributed by atoms with Crippen molar-refractivity contribution >= 4 is 16.6 Å². The molecule has 0 aromatic carbocycles. The topological polar surface area (TPSA) is 61.0 Å². The fourth-order valence-electron chi connectivity index (χ4n) is 1.56. The van der Waals surface area contributed by atoms with Gasteiger partial charge in [-0.3, -0.25) is 15.1 Å². The van der Waals surface area contributed by atoms with Gasteiger partial charge in [0.05, 0.1) is 4.92 Å². The molecule has 0 saturated carbocycles. The van der Waals surface area contributed by atoms with Gasteiger partial charge in [0.2, 0.25) is 0 Å². The summed E-state index contributed by atoms with van der Waals surface area (Å²) < 4.78 is 1.78. The molecule has 2 heterocycles. The van der Waals surface area contributed by atoms with Gasteiger partial charge in [0.15, 0.2) is 0 Å². The number of pyridine rings is 1. The van der Waals surface area contributed by atoms with E-state index in [-0.39, 0.29) is 5.69 Å². The van der Waals surface area contributed by atoms with E-state index in [2.05, 4.69) is 11.6 Å². The second-order valence-electron chi connectivity index (χ2n) is 3.11. The predicted octanol–water partition coefficient (Wildman–Crippen LogP) is 2.13. The molecule has 0 aliphatic rings. The van der Waals surface area contributed by atoms with Gasteiger partial charge in [0.1, 0.15) is 11.7 Å². The number of aromatic nitrogens is 2. The van der Waals surface area contributed by atoms with Gasteiger partial charge in [-0.25, -0.2) is 0 Å². The van der Waals surface area contributed by atoms with Crippen molar-refractivity contribution in [2.75, 3.05) is 0 Å². The fraction of sp³-hybridized carbons (Fsp3) is 0.100. The van der Waals surface area contributed by atoms with Crippen molar-refractivity contribution in [3.05, 3.63) is 47.4 Å². The molecule has 5 nitrogen and oxygen atoms in total.